The van der Waals surface area contributed by atoms with Gasteiger partial charge in [-0.1, -0.05) is 103 Å². The molecule has 0 N–H and O–H groups in total. The fourth-order valence-electron chi connectivity index (χ4n) is 8.95. The van der Waals surface area contributed by atoms with Crippen molar-refractivity contribution in [2.24, 2.45) is 17.8 Å². The first-order chi connectivity index (χ1) is 25.6. The molecule has 4 rings (SSSR count). The standard InChI is InChI=1S/C46H78O6/c1-3-5-7-8-9-11-15-35-48-42-27-19-38(20-28-42)17-14-10-12-16-36-49-43-29-21-39(22-30-43)37-50-52-45-33-25-41(26-34-45)40-23-31-44(32-24-40)51-46(47)18-13-6-4-2/h21-22,29-30,38,40-42,44-45H,3-20,23-28,31-37H2,1-2H3. The average Bonchev–Trinajstić information content (AvgIpc) is 3.17. The molecule has 3 aliphatic carbocycles. The van der Waals surface area contributed by atoms with Crippen LogP contribution in [0.4, 0.5) is 0 Å². The van der Waals surface area contributed by atoms with E-state index in [0.717, 1.165) is 93.6 Å². The fourth-order valence-corrected chi connectivity index (χ4v) is 8.95. The van der Waals surface area contributed by atoms with Crippen LogP contribution in [0, 0.1) is 17.8 Å². The second-order valence-corrected chi connectivity index (χ2v) is 16.7. The first kappa shape index (κ1) is 43.1. The van der Waals surface area contributed by atoms with Gasteiger partial charge in [-0.25, -0.2) is 9.78 Å². The highest BCUT2D eigenvalue weighted by Crippen LogP contribution is 2.40. The predicted octanol–water partition coefficient (Wildman–Crippen LogP) is 13.0. The lowest BCUT2D eigenvalue weighted by Gasteiger charge is -2.37. The lowest BCUT2D eigenvalue weighted by atomic mass is 9.72. The van der Waals surface area contributed by atoms with Gasteiger partial charge in [0, 0.05) is 13.0 Å². The van der Waals surface area contributed by atoms with Gasteiger partial charge in [0.2, 0.25) is 0 Å². The molecule has 0 aromatic heterocycles. The van der Waals surface area contributed by atoms with Gasteiger partial charge in [0.05, 0.1) is 18.8 Å². The third-order valence-corrected chi connectivity index (χ3v) is 12.4. The Hall–Kier alpha value is -1.63. The van der Waals surface area contributed by atoms with Gasteiger partial charge in [0.25, 0.3) is 0 Å². The zero-order valence-electron chi connectivity index (χ0n) is 33.6. The fraction of sp³-hybridized carbons (Fsp3) is 0.848. The molecule has 0 aliphatic heterocycles. The van der Waals surface area contributed by atoms with Crippen molar-refractivity contribution >= 4 is 5.97 Å². The van der Waals surface area contributed by atoms with Gasteiger partial charge in [-0.2, -0.15) is 0 Å². The quantitative estimate of drug-likeness (QED) is 0.0389. The lowest BCUT2D eigenvalue weighted by Crippen LogP contribution is -2.31. The minimum Gasteiger partial charge on any atom is -0.494 e. The van der Waals surface area contributed by atoms with Gasteiger partial charge in [-0.3, -0.25) is 4.79 Å². The van der Waals surface area contributed by atoms with E-state index in [-0.39, 0.29) is 18.2 Å². The Labute approximate surface area is 319 Å². The van der Waals surface area contributed by atoms with Gasteiger partial charge >= 0.3 is 5.97 Å². The predicted molar refractivity (Wildman–Crippen MR) is 212 cm³/mol. The molecule has 0 unspecified atom stereocenters. The van der Waals surface area contributed by atoms with Crippen molar-refractivity contribution in [1.29, 1.82) is 0 Å². The van der Waals surface area contributed by atoms with E-state index in [4.69, 9.17) is 24.0 Å². The molecule has 0 bridgehead atoms. The molecule has 3 saturated carbocycles. The van der Waals surface area contributed by atoms with Crippen LogP contribution in [0.5, 0.6) is 5.75 Å². The third kappa shape index (κ3) is 18.1. The Morgan fingerprint density at radius 3 is 1.81 bits per heavy atom. The number of hydrogen-bond donors (Lipinski definition) is 0. The second-order valence-electron chi connectivity index (χ2n) is 16.7. The summed E-state index contributed by atoms with van der Waals surface area (Å²) in [5.74, 6) is 3.40. The second kappa shape index (κ2) is 27.0. The van der Waals surface area contributed by atoms with Gasteiger partial charge in [0.15, 0.2) is 0 Å². The molecule has 6 heteroatoms. The molecule has 0 spiro atoms. The summed E-state index contributed by atoms with van der Waals surface area (Å²) in [6, 6.07) is 8.29. The summed E-state index contributed by atoms with van der Waals surface area (Å²) < 4.78 is 18.0. The van der Waals surface area contributed by atoms with Crippen LogP contribution in [0.3, 0.4) is 0 Å². The Bertz CT molecular complexity index is 1000. The molecular formula is C46H78O6. The van der Waals surface area contributed by atoms with Crippen molar-refractivity contribution in [1.82, 2.24) is 0 Å². The Morgan fingerprint density at radius 1 is 0.577 bits per heavy atom. The van der Waals surface area contributed by atoms with Crippen LogP contribution in [0.2, 0.25) is 0 Å². The van der Waals surface area contributed by atoms with E-state index in [1.165, 1.54) is 122 Å². The summed E-state index contributed by atoms with van der Waals surface area (Å²) in [6.45, 7) is 6.68. The molecule has 3 fully saturated rings. The molecular weight excluding hydrogens is 648 g/mol. The summed E-state index contributed by atoms with van der Waals surface area (Å²) in [5.41, 5.74) is 1.11. The van der Waals surface area contributed by atoms with Crippen LogP contribution in [-0.4, -0.2) is 37.5 Å². The third-order valence-electron chi connectivity index (χ3n) is 12.4. The maximum Gasteiger partial charge on any atom is 0.306 e. The molecule has 0 saturated heterocycles. The summed E-state index contributed by atoms with van der Waals surface area (Å²) in [4.78, 5) is 23.6. The lowest BCUT2D eigenvalue weighted by molar-refractivity contribution is -0.338. The number of rotatable bonds is 27. The molecule has 1 aromatic carbocycles. The van der Waals surface area contributed by atoms with E-state index in [1.54, 1.807) is 0 Å². The van der Waals surface area contributed by atoms with Crippen LogP contribution in [-0.2, 0) is 30.7 Å². The molecule has 0 heterocycles. The van der Waals surface area contributed by atoms with E-state index in [9.17, 15) is 4.79 Å². The van der Waals surface area contributed by atoms with Crippen LogP contribution >= 0.6 is 0 Å². The van der Waals surface area contributed by atoms with Crippen molar-refractivity contribution in [3.8, 4) is 5.75 Å². The Balaban J connectivity index is 0.929. The molecule has 1 aromatic rings. The van der Waals surface area contributed by atoms with Crippen molar-refractivity contribution in [2.45, 2.75) is 219 Å². The molecule has 298 valence electrons. The summed E-state index contributed by atoms with van der Waals surface area (Å²) >= 11 is 0. The summed E-state index contributed by atoms with van der Waals surface area (Å²) in [6.07, 6.45) is 34.9. The monoisotopic (exact) mass is 727 g/mol. The van der Waals surface area contributed by atoms with Crippen molar-refractivity contribution in [3.63, 3.8) is 0 Å². The number of unbranched alkanes of at least 4 members (excludes halogenated alkanes) is 11. The SMILES string of the molecule is CCCCCCCCCOC1CCC(CCCCCCOc2ccc(COOC3CCC(C4CCC(OC(=O)CCCCC)CC4)CC3)cc2)CC1. The minimum atomic E-state index is 0.00772. The normalized spacial score (nSPS) is 25.2. The van der Waals surface area contributed by atoms with Crippen LogP contribution in [0.25, 0.3) is 0 Å². The Morgan fingerprint density at radius 2 is 1.13 bits per heavy atom. The zero-order valence-corrected chi connectivity index (χ0v) is 33.6. The topological polar surface area (TPSA) is 63.2 Å². The van der Waals surface area contributed by atoms with Crippen LogP contribution in [0.1, 0.15) is 199 Å². The molecule has 0 amide bonds. The van der Waals surface area contributed by atoms with E-state index in [2.05, 4.69) is 38.1 Å². The molecule has 0 radical (unpaired) electrons. The van der Waals surface area contributed by atoms with E-state index >= 15 is 0 Å². The number of esters is 1. The summed E-state index contributed by atoms with van der Waals surface area (Å²) in [7, 11) is 0. The molecule has 0 atom stereocenters. The Kier molecular flexibility index (Phi) is 22.4. The van der Waals surface area contributed by atoms with Gasteiger partial charge in [-0.15, -0.1) is 0 Å². The minimum absolute atomic E-state index is 0.00772. The largest absolute Gasteiger partial charge is 0.494 e. The van der Waals surface area contributed by atoms with Gasteiger partial charge in [0.1, 0.15) is 18.5 Å². The van der Waals surface area contributed by atoms with Gasteiger partial charge in [-0.05, 0) is 132 Å². The molecule has 3 aliphatic rings. The van der Waals surface area contributed by atoms with Crippen molar-refractivity contribution in [3.05, 3.63) is 29.8 Å². The molecule has 6 nitrogen and oxygen atoms in total. The highest BCUT2D eigenvalue weighted by Gasteiger charge is 2.32. The highest BCUT2D eigenvalue weighted by atomic mass is 17.2. The van der Waals surface area contributed by atoms with Crippen LogP contribution in [0.15, 0.2) is 24.3 Å². The first-order valence-corrected chi connectivity index (χ1v) is 22.4. The van der Waals surface area contributed by atoms with Crippen LogP contribution < -0.4 is 4.74 Å². The zero-order chi connectivity index (χ0) is 36.5. The van der Waals surface area contributed by atoms with E-state index in [1.807, 2.05) is 0 Å². The maximum absolute atomic E-state index is 12.1. The smallest absolute Gasteiger partial charge is 0.306 e. The highest BCUT2D eigenvalue weighted by molar-refractivity contribution is 5.69. The van der Waals surface area contributed by atoms with Gasteiger partial charge < -0.3 is 14.2 Å². The van der Waals surface area contributed by atoms with Crippen molar-refractivity contribution in [2.75, 3.05) is 13.2 Å². The van der Waals surface area contributed by atoms with E-state index in [0.29, 0.717) is 19.1 Å². The maximum atomic E-state index is 12.1. The average molecular weight is 727 g/mol. The number of ether oxygens (including phenoxy) is 3. The number of benzene rings is 1. The number of hydrogen-bond acceptors (Lipinski definition) is 6. The number of carbonyl (C=O) groups excluding carboxylic acids is 1. The van der Waals surface area contributed by atoms with E-state index < -0.39 is 0 Å². The number of carbonyl (C=O) groups is 1. The summed E-state index contributed by atoms with van der Waals surface area (Å²) in [5, 5.41) is 0. The molecule has 52 heavy (non-hydrogen) atoms. The van der Waals surface area contributed by atoms with Crippen molar-refractivity contribution < 1.29 is 28.8 Å². The first-order valence-electron chi connectivity index (χ1n) is 22.4.